The van der Waals surface area contributed by atoms with Gasteiger partial charge in [-0.15, -0.1) is 0 Å². The van der Waals surface area contributed by atoms with Crippen molar-refractivity contribution in [1.82, 2.24) is 0 Å². The molecule has 19 heavy (non-hydrogen) atoms. The molecule has 0 bridgehead atoms. The number of hydrogen-bond donors (Lipinski definition) is 0. The molecule has 0 heterocycles. The number of hydrogen-bond acceptors (Lipinski definition) is 3. The fraction of sp³-hybridized carbons (Fsp3) is 0.438. The van der Waals surface area contributed by atoms with E-state index in [1.807, 2.05) is 36.4 Å². The zero-order valence-corrected chi connectivity index (χ0v) is 11.3. The lowest BCUT2D eigenvalue weighted by molar-refractivity contribution is -0.142. The van der Waals surface area contributed by atoms with Gasteiger partial charge in [0.2, 0.25) is 0 Å². The van der Waals surface area contributed by atoms with Gasteiger partial charge in [0.05, 0.1) is 7.11 Å². The van der Waals surface area contributed by atoms with Gasteiger partial charge in [0, 0.05) is 6.42 Å². The molecular formula is C16H20O3. The van der Waals surface area contributed by atoms with E-state index >= 15 is 0 Å². The molecule has 1 fully saturated rings. The fourth-order valence-corrected chi connectivity index (χ4v) is 1.84. The van der Waals surface area contributed by atoms with Crippen molar-refractivity contribution in [1.29, 1.82) is 0 Å². The Morgan fingerprint density at radius 2 is 2.05 bits per heavy atom. The Hall–Kier alpha value is -1.77. The summed E-state index contributed by atoms with van der Waals surface area (Å²) in [5, 5.41) is 0. The third-order valence-electron chi connectivity index (χ3n) is 3.22. The third kappa shape index (κ3) is 5.16. The topological polar surface area (TPSA) is 35.5 Å². The van der Waals surface area contributed by atoms with Crippen LogP contribution >= 0.6 is 0 Å². The zero-order chi connectivity index (χ0) is 13.5. The van der Waals surface area contributed by atoms with Crippen LogP contribution in [0.3, 0.4) is 0 Å². The summed E-state index contributed by atoms with van der Waals surface area (Å²) < 4.78 is 10.2. The molecule has 2 rings (SSSR count). The molecule has 0 aromatic heterocycles. The molecule has 0 radical (unpaired) electrons. The Morgan fingerprint density at radius 1 is 1.32 bits per heavy atom. The number of rotatable bonds is 7. The SMILES string of the molecule is COc1ccc(C=CCOC(=O)CCC2CC2)cc1. The van der Waals surface area contributed by atoms with Gasteiger partial charge >= 0.3 is 5.97 Å². The number of esters is 1. The Balaban J connectivity index is 1.65. The van der Waals surface area contributed by atoms with Crippen molar-refractivity contribution in [2.75, 3.05) is 13.7 Å². The molecule has 102 valence electrons. The molecule has 1 aliphatic rings. The number of carbonyl (C=O) groups is 1. The minimum absolute atomic E-state index is 0.0914. The summed E-state index contributed by atoms with van der Waals surface area (Å²) in [6.07, 6.45) is 7.90. The van der Waals surface area contributed by atoms with E-state index in [0.29, 0.717) is 13.0 Å². The first-order valence-corrected chi connectivity index (χ1v) is 6.74. The maximum atomic E-state index is 11.4. The van der Waals surface area contributed by atoms with Crippen molar-refractivity contribution >= 4 is 12.0 Å². The van der Waals surface area contributed by atoms with E-state index in [2.05, 4.69) is 0 Å². The lowest BCUT2D eigenvalue weighted by Crippen LogP contribution is -2.04. The van der Waals surface area contributed by atoms with E-state index in [4.69, 9.17) is 9.47 Å². The van der Waals surface area contributed by atoms with E-state index in [1.165, 1.54) is 12.8 Å². The van der Waals surface area contributed by atoms with Crippen LogP contribution < -0.4 is 4.74 Å². The quantitative estimate of drug-likeness (QED) is 0.704. The van der Waals surface area contributed by atoms with Crippen LogP contribution in [-0.4, -0.2) is 19.7 Å². The van der Waals surface area contributed by atoms with Crippen LogP contribution in [-0.2, 0) is 9.53 Å². The Bertz CT molecular complexity index is 430. The van der Waals surface area contributed by atoms with Gasteiger partial charge in [-0.2, -0.15) is 0 Å². The van der Waals surface area contributed by atoms with Crippen molar-refractivity contribution in [2.24, 2.45) is 5.92 Å². The Morgan fingerprint density at radius 3 is 2.68 bits per heavy atom. The number of benzene rings is 1. The van der Waals surface area contributed by atoms with Crippen molar-refractivity contribution in [2.45, 2.75) is 25.7 Å². The van der Waals surface area contributed by atoms with Crippen LogP contribution in [0.4, 0.5) is 0 Å². The van der Waals surface area contributed by atoms with E-state index in [0.717, 1.165) is 23.7 Å². The van der Waals surface area contributed by atoms with Gasteiger partial charge in [-0.05, 0) is 36.1 Å². The number of ether oxygens (including phenoxy) is 2. The summed E-state index contributed by atoms with van der Waals surface area (Å²) >= 11 is 0. The van der Waals surface area contributed by atoms with Crippen LogP contribution in [0, 0.1) is 5.92 Å². The number of carbonyl (C=O) groups excluding carboxylic acids is 1. The molecular weight excluding hydrogens is 240 g/mol. The molecule has 1 aromatic carbocycles. The third-order valence-corrected chi connectivity index (χ3v) is 3.22. The maximum Gasteiger partial charge on any atom is 0.306 e. The molecule has 3 heteroatoms. The van der Waals surface area contributed by atoms with Gasteiger partial charge in [0.25, 0.3) is 0 Å². The lowest BCUT2D eigenvalue weighted by Gasteiger charge is -2.01. The molecule has 0 spiro atoms. The van der Waals surface area contributed by atoms with Crippen LogP contribution in [0.1, 0.15) is 31.2 Å². The zero-order valence-electron chi connectivity index (χ0n) is 11.3. The molecule has 0 saturated heterocycles. The van der Waals surface area contributed by atoms with E-state index in [-0.39, 0.29) is 5.97 Å². The van der Waals surface area contributed by atoms with Gasteiger partial charge < -0.3 is 9.47 Å². The molecule has 3 nitrogen and oxygen atoms in total. The van der Waals surface area contributed by atoms with Gasteiger partial charge in [0.15, 0.2) is 0 Å². The molecule has 0 N–H and O–H groups in total. The summed E-state index contributed by atoms with van der Waals surface area (Å²) in [5.41, 5.74) is 1.06. The second-order valence-corrected chi connectivity index (χ2v) is 4.84. The summed E-state index contributed by atoms with van der Waals surface area (Å²) in [5.74, 6) is 1.53. The van der Waals surface area contributed by atoms with Crippen molar-refractivity contribution in [3.8, 4) is 5.75 Å². The summed E-state index contributed by atoms with van der Waals surface area (Å²) in [6.45, 7) is 0.343. The molecule has 1 saturated carbocycles. The largest absolute Gasteiger partial charge is 0.497 e. The fourth-order valence-electron chi connectivity index (χ4n) is 1.84. The smallest absolute Gasteiger partial charge is 0.306 e. The highest BCUT2D eigenvalue weighted by Gasteiger charge is 2.21. The summed E-state index contributed by atoms with van der Waals surface area (Å²) in [4.78, 5) is 11.4. The first kappa shape index (κ1) is 13.7. The van der Waals surface area contributed by atoms with Crippen LogP contribution in [0.2, 0.25) is 0 Å². The minimum Gasteiger partial charge on any atom is -0.497 e. The van der Waals surface area contributed by atoms with Gasteiger partial charge in [-0.3, -0.25) is 4.79 Å². The molecule has 1 aliphatic carbocycles. The standard InChI is InChI=1S/C16H20O3/c1-18-15-9-6-13(7-10-15)3-2-12-19-16(17)11-8-14-4-5-14/h2-3,6-7,9-10,14H,4-5,8,11-12H2,1H3. The number of methoxy groups -OCH3 is 1. The maximum absolute atomic E-state index is 11.4. The average molecular weight is 260 g/mol. The van der Waals surface area contributed by atoms with E-state index < -0.39 is 0 Å². The highest BCUT2D eigenvalue weighted by molar-refractivity contribution is 5.69. The molecule has 0 atom stereocenters. The Kier molecular flexibility index (Phi) is 5.01. The van der Waals surface area contributed by atoms with E-state index in [9.17, 15) is 4.79 Å². The summed E-state index contributed by atoms with van der Waals surface area (Å²) in [6, 6.07) is 7.73. The van der Waals surface area contributed by atoms with E-state index in [1.54, 1.807) is 7.11 Å². The van der Waals surface area contributed by atoms with Crippen LogP contribution in [0.5, 0.6) is 5.75 Å². The van der Waals surface area contributed by atoms with Crippen molar-refractivity contribution < 1.29 is 14.3 Å². The first-order valence-electron chi connectivity index (χ1n) is 6.74. The predicted molar refractivity (Wildman–Crippen MR) is 74.9 cm³/mol. The normalized spacial score (nSPS) is 14.6. The molecule has 0 unspecified atom stereocenters. The van der Waals surface area contributed by atoms with Gasteiger partial charge in [-0.1, -0.05) is 31.1 Å². The predicted octanol–water partition coefficient (Wildman–Crippen LogP) is 3.44. The highest BCUT2D eigenvalue weighted by Crippen LogP contribution is 2.33. The second kappa shape index (κ2) is 6.98. The van der Waals surface area contributed by atoms with Crippen molar-refractivity contribution in [3.63, 3.8) is 0 Å². The van der Waals surface area contributed by atoms with Crippen LogP contribution in [0.15, 0.2) is 30.3 Å². The summed E-state index contributed by atoms with van der Waals surface area (Å²) in [7, 11) is 1.64. The average Bonchev–Trinajstić information content (AvgIpc) is 3.26. The van der Waals surface area contributed by atoms with Gasteiger partial charge in [0.1, 0.15) is 12.4 Å². The first-order chi connectivity index (χ1) is 9.28. The molecule has 0 aliphatic heterocycles. The highest BCUT2D eigenvalue weighted by atomic mass is 16.5. The second-order valence-electron chi connectivity index (χ2n) is 4.84. The lowest BCUT2D eigenvalue weighted by atomic mass is 10.2. The molecule has 1 aromatic rings. The Labute approximate surface area is 114 Å². The van der Waals surface area contributed by atoms with Crippen LogP contribution in [0.25, 0.3) is 6.08 Å². The van der Waals surface area contributed by atoms with Crippen molar-refractivity contribution in [3.05, 3.63) is 35.9 Å². The monoisotopic (exact) mass is 260 g/mol. The minimum atomic E-state index is -0.0914. The molecule has 0 amide bonds. The van der Waals surface area contributed by atoms with Gasteiger partial charge in [-0.25, -0.2) is 0 Å².